The number of hydrogen-bond acceptors (Lipinski definition) is 4. The van der Waals surface area contributed by atoms with E-state index in [0.29, 0.717) is 24.4 Å². The van der Waals surface area contributed by atoms with Gasteiger partial charge in [-0.25, -0.2) is 0 Å². The average molecular weight is 332 g/mol. The summed E-state index contributed by atoms with van der Waals surface area (Å²) in [7, 11) is 1.57. The molecular formula is C18H24N2O4. The Kier molecular flexibility index (Phi) is 5.04. The van der Waals surface area contributed by atoms with E-state index >= 15 is 0 Å². The Hall–Kier alpha value is -2.08. The number of nitrogens with one attached hydrogen (secondary N) is 2. The van der Waals surface area contributed by atoms with Crippen molar-refractivity contribution in [3.05, 3.63) is 29.8 Å². The maximum Gasteiger partial charge on any atom is 0.251 e. The first kappa shape index (κ1) is 16.8. The Morgan fingerprint density at radius 2 is 2.00 bits per heavy atom. The monoisotopic (exact) mass is 332 g/mol. The molecular weight excluding hydrogens is 308 g/mol. The van der Waals surface area contributed by atoms with E-state index in [4.69, 9.17) is 9.47 Å². The minimum Gasteiger partial charge on any atom is -0.497 e. The van der Waals surface area contributed by atoms with E-state index in [1.165, 1.54) is 0 Å². The summed E-state index contributed by atoms with van der Waals surface area (Å²) in [6.07, 6.45) is 2.94. The highest BCUT2D eigenvalue weighted by Crippen LogP contribution is 2.59. The summed E-state index contributed by atoms with van der Waals surface area (Å²) in [5.74, 6) is 0.699. The van der Waals surface area contributed by atoms with Crippen LogP contribution in [0.1, 0.15) is 29.6 Å². The van der Waals surface area contributed by atoms with Gasteiger partial charge in [0.25, 0.3) is 5.91 Å². The van der Waals surface area contributed by atoms with Crippen LogP contribution < -0.4 is 15.4 Å². The Bertz CT molecular complexity index is 611. The number of amides is 2. The lowest BCUT2D eigenvalue weighted by molar-refractivity contribution is -0.123. The zero-order chi connectivity index (χ0) is 17.0. The molecule has 3 rings (SSSR count). The molecule has 1 unspecified atom stereocenters. The smallest absolute Gasteiger partial charge is 0.251 e. The van der Waals surface area contributed by atoms with Gasteiger partial charge < -0.3 is 20.1 Å². The average Bonchev–Trinajstić information content (AvgIpc) is 3.32. The van der Waals surface area contributed by atoms with Crippen LogP contribution in [0.4, 0.5) is 0 Å². The minimum atomic E-state index is -0.171. The van der Waals surface area contributed by atoms with E-state index in [1.54, 1.807) is 31.4 Å². The molecule has 1 saturated heterocycles. The molecule has 2 N–H and O–H groups in total. The maximum atomic E-state index is 12.2. The van der Waals surface area contributed by atoms with Crippen LogP contribution in [0, 0.1) is 11.3 Å². The number of carbonyl (C=O) groups excluding carboxylic acids is 2. The zero-order valence-corrected chi connectivity index (χ0v) is 14.0. The van der Waals surface area contributed by atoms with Crippen molar-refractivity contribution in [1.82, 2.24) is 10.6 Å². The number of benzene rings is 1. The summed E-state index contributed by atoms with van der Waals surface area (Å²) in [5.41, 5.74) is 0.732. The third-order valence-electron chi connectivity index (χ3n) is 5.04. The Morgan fingerprint density at radius 3 is 2.75 bits per heavy atom. The second-order valence-corrected chi connectivity index (χ2v) is 6.51. The predicted molar refractivity (Wildman–Crippen MR) is 88.9 cm³/mol. The van der Waals surface area contributed by atoms with E-state index in [0.717, 1.165) is 32.5 Å². The molecule has 2 fully saturated rings. The standard InChI is InChI=1S/C18H24N2O4/c1-23-14-4-2-3-13(11-14)16(21)19-7-8-20-17(22)15-12-18(15)5-9-24-10-6-18/h2-4,11,15H,5-10,12H2,1H3,(H,19,21)(H,20,22). The summed E-state index contributed by atoms with van der Waals surface area (Å²) in [6.45, 7) is 2.38. The molecule has 1 spiro atoms. The van der Waals surface area contributed by atoms with Crippen LogP contribution >= 0.6 is 0 Å². The Labute approximate surface area is 141 Å². The van der Waals surface area contributed by atoms with Crippen molar-refractivity contribution in [1.29, 1.82) is 0 Å². The van der Waals surface area contributed by atoms with Gasteiger partial charge in [-0.3, -0.25) is 9.59 Å². The normalized spacial score (nSPS) is 21.1. The summed E-state index contributed by atoms with van der Waals surface area (Å²) in [6, 6.07) is 6.98. The third kappa shape index (κ3) is 3.70. The molecule has 1 aliphatic heterocycles. The van der Waals surface area contributed by atoms with Gasteiger partial charge in [0, 0.05) is 37.8 Å². The van der Waals surface area contributed by atoms with Gasteiger partial charge in [-0.1, -0.05) is 6.07 Å². The van der Waals surface area contributed by atoms with Gasteiger partial charge in [0.15, 0.2) is 0 Å². The summed E-state index contributed by atoms with van der Waals surface area (Å²) in [4.78, 5) is 24.2. The van der Waals surface area contributed by atoms with Crippen molar-refractivity contribution in [3.63, 3.8) is 0 Å². The number of rotatable bonds is 6. The molecule has 1 saturated carbocycles. The highest BCUT2D eigenvalue weighted by molar-refractivity contribution is 5.94. The van der Waals surface area contributed by atoms with Crippen molar-refractivity contribution < 1.29 is 19.1 Å². The van der Waals surface area contributed by atoms with Gasteiger partial charge in [0.2, 0.25) is 5.91 Å². The topological polar surface area (TPSA) is 76.7 Å². The SMILES string of the molecule is COc1cccc(C(=O)NCCNC(=O)C2CC23CCOCC3)c1. The molecule has 6 heteroatoms. The lowest BCUT2D eigenvalue weighted by atomic mass is 9.93. The first-order chi connectivity index (χ1) is 11.6. The maximum absolute atomic E-state index is 12.2. The largest absolute Gasteiger partial charge is 0.497 e. The van der Waals surface area contributed by atoms with E-state index in [2.05, 4.69) is 10.6 Å². The van der Waals surface area contributed by atoms with Crippen LogP contribution in [0.5, 0.6) is 5.75 Å². The van der Waals surface area contributed by atoms with Gasteiger partial charge in [0.05, 0.1) is 7.11 Å². The molecule has 1 aromatic carbocycles. The van der Waals surface area contributed by atoms with Crippen molar-refractivity contribution in [2.45, 2.75) is 19.3 Å². The summed E-state index contributed by atoms with van der Waals surface area (Å²) < 4.78 is 10.5. The fraction of sp³-hybridized carbons (Fsp3) is 0.556. The fourth-order valence-corrected chi connectivity index (χ4v) is 3.40. The second-order valence-electron chi connectivity index (χ2n) is 6.51. The molecule has 6 nitrogen and oxygen atoms in total. The lowest BCUT2D eigenvalue weighted by Crippen LogP contribution is -2.36. The van der Waals surface area contributed by atoms with E-state index in [1.807, 2.05) is 0 Å². The first-order valence-corrected chi connectivity index (χ1v) is 8.42. The van der Waals surface area contributed by atoms with Crippen LogP contribution in [0.3, 0.4) is 0 Å². The summed E-state index contributed by atoms with van der Waals surface area (Å²) in [5, 5.41) is 5.73. The van der Waals surface area contributed by atoms with Crippen LogP contribution in [0.25, 0.3) is 0 Å². The highest BCUT2D eigenvalue weighted by atomic mass is 16.5. The Balaban J connectivity index is 1.38. The number of methoxy groups -OCH3 is 1. The predicted octanol–water partition coefficient (Wildman–Crippen LogP) is 1.36. The molecule has 24 heavy (non-hydrogen) atoms. The van der Waals surface area contributed by atoms with Crippen LogP contribution in [0.2, 0.25) is 0 Å². The number of hydrogen-bond donors (Lipinski definition) is 2. The second kappa shape index (κ2) is 7.21. The van der Waals surface area contributed by atoms with Crippen LogP contribution in [0.15, 0.2) is 24.3 Å². The number of carbonyl (C=O) groups is 2. The zero-order valence-electron chi connectivity index (χ0n) is 14.0. The van der Waals surface area contributed by atoms with E-state index < -0.39 is 0 Å². The third-order valence-corrected chi connectivity index (χ3v) is 5.04. The van der Waals surface area contributed by atoms with Gasteiger partial charge >= 0.3 is 0 Å². The van der Waals surface area contributed by atoms with Crippen molar-refractivity contribution >= 4 is 11.8 Å². The summed E-state index contributed by atoms with van der Waals surface area (Å²) >= 11 is 0. The van der Waals surface area contributed by atoms with Crippen LogP contribution in [-0.2, 0) is 9.53 Å². The van der Waals surface area contributed by atoms with E-state index in [9.17, 15) is 9.59 Å². The van der Waals surface area contributed by atoms with Crippen LogP contribution in [-0.4, -0.2) is 45.2 Å². The van der Waals surface area contributed by atoms with Gasteiger partial charge in [-0.05, 0) is 42.9 Å². The molecule has 0 radical (unpaired) electrons. The quantitative estimate of drug-likeness (QED) is 0.771. The van der Waals surface area contributed by atoms with E-state index in [-0.39, 0.29) is 23.1 Å². The van der Waals surface area contributed by atoms with Crippen molar-refractivity contribution in [2.24, 2.45) is 11.3 Å². The molecule has 130 valence electrons. The molecule has 0 bridgehead atoms. The van der Waals surface area contributed by atoms with Gasteiger partial charge in [0.1, 0.15) is 5.75 Å². The molecule has 1 heterocycles. The minimum absolute atomic E-state index is 0.104. The molecule has 1 aliphatic carbocycles. The molecule has 1 aromatic rings. The van der Waals surface area contributed by atoms with Gasteiger partial charge in [-0.2, -0.15) is 0 Å². The van der Waals surface area contributed by atoms with Gasteiger partial charge in [-0.15, -0.1) is 0 Å². The molecule has 2 amide bonds. The molecule has 2 aliphatic rings. The molecule has 1 atom stereocenters. The number of ether oxygens (including phenoxy) is 2. The molecule has 0 aromatic heterocycles. The first-order valence-electron chi connectivity index (χ1n) is 8.42. The highest BCUT2D eigenvalue weighted by Gasteiger charge is 2.57. The Morgan fingerprint density at radius 1 is 1.25 bits per heavy atom. The fourth-order valence-electron chi connectivity index (χ4n) is 3.40. The van der Waals surface area contributed by atoms with Crippen molar-refractivity contribution in [2.75, 3.05) is 33.4 Å². The van der Waals surface area contributed by atoms with Crippen molar-refractivity contribution in [3.8, 4) is 5.75 Å². The lowest BCUT2D eigenvalue weighted by Gasteiger charge is -2.22.